The van der Waals surface area contributed by atoms with E-state index in [9.17, 15) is 9.18 Å². The Morgan fingerprint density at radius 2 is 1.84 bits per heavy atom. The molecule has 25 heavy (non-hydrogen) atoms. The summed E-state index contributed by atoms with van der Waals surface area (Å²) in [6, 6.07) is 16.8. The summed E-state index contributed by atoms with van der Waals surface area (Å²) in [6.07, 6.45) is 1.67. The normalized spacial score (nSPS) is 10.3. The maximum atomic E-state index is 13.1. The van der Waals surface area contributed by atoms with Crippen molar-refractivity contribution in [1.82, 2.24) is 10.3 Å². The first-order valence-electron chi connectivity index (χ1n) is 7.80. The van der Waals surface area contributed by atoms with Gasteiger partial charge in [-0.05, 0) is 48.0 Å². The number of ether oxygens (including phenoxy) is 1. The molecule has 2 aromatic carbocycles. The average molecular weight is 336 g/mol. The molecule has 3 rings (SSSR count). The van der Waals surface area contributed by atoms with E-state index in [1.165, 1.54) is 19.2 Å². The number of nitrogens with one attached hydrogen (secondary N) is 1. The Morgan fingerprint density at radius 3 is 2.60 bits per heavy atom. The molecule has 126 valence electrons. The van der Waals surface area contributed by atoms with E-state index in [-0.39, 0.29) is 11.7 Å². The van der Waals surface area contributed by atoms with Crippen molar-refractivity contribution in [2.24, 2.45) is 0 Å². The van der Waals surface area contributed by atoms with Crippen LogP contribution in [0.2, 0.25) is 0 Å². The van der Waals surface area contributed by atoms with Gasteiger partial charge in [0.1, 0.15) is 11.6 Å². The third-order valence-electron chi connectivity index (χ3n) is 3.80. The number of aromatic nitrogens is 1. The summed E-state index contributed by atoms with van der Waals surface area (Å²) in [7, 11) is 1.53. The lowest BCUT2D eigenvalue weighted by Gasteiger charge is -2.11. The SMILES string of the molecule is COc1ccccc1C(=O)NCc1cccnc1-c1ccc(F)cc1. The number of para-hydroxylation sites is 1. The van der Waals surface area contributed by atoms with Gasteiger partial charge in [0, 0.05) is 18.3 Å². The molecule has 0 fully saturated rings. The molecule has 0 aliphatic heterocycles. The van der Waals surface area contributed by atoms with E-state index in [0.29, 0.717) is 23.6 Å². The molecule has 0 aliphatic rings. The van der Waals surface area contributed by atoms with Crippen LogP contribution in [0.3, 0.4) is 0 Å². The number of rotatable bonds is 5. The Hall–Kier alpha value is -3.21. The van der Waals surface area contributed by atoms with Gasteiger partial charge in [0.2, 0.25) is 0 Å². The second-order valence-corrected chi connectivity index (χ2v) is 5.40. The van der Waals surface area contributed by atoms with Gasteiger partial charge < -0.3 is 10.1 Å². The van der Waals surface area contributed by atoms with Crippen LogP contribution in [0.5, 0.6) is 5.75 Å². The third-order valence-corrected chi connectivity index (χ3v) is 3.80. The van der Waals surface area contributed by atoms with E-state index in [0.717, 1.165) is 11.1 Å². The number of hydrogen-bond donors (Lipinski definition) is 1. The highest BCUT2D eigenvalue weighted by Crippen LogP contribution is 2.22. The maximum Gasteiger partial charge on any atom is 0.255 e. The molecule has 0 saturated carbocycles. The molecule has 5 heteroatoms. The Labute approximate surface area is 145 Å². The summed E-state index contributed by atoms with van der Waals surface area (Å²) >= 11 is 0. The molecule has 0 radical (unpaired) electrons. The zero-order valence-corrected chi connectivity index (χ0v) is 13.7. The molecule has 0 saturated heterocycles. The van der Waals surface area contributed by atoms with Crippen molar-refractivity contribution in [3.05, 3.63) is 83.8 Å². The topological polar surface area (TPSA) is 51.2 Å². The quantitative estimate of drug-likeness (QED) is 0.770. The van der Waals surface area contributed by atoms with E-state index >= 15 is 0 Å². The Kier molecular flexibility index (Phi) is 5.04. The number of amides is 1. The maximum absolute atomic E-state index is 13.1. The van der Waals surface area contributed by atoms with Gasteiger partial charge in [0.15, 0.2) is 0 Å². The van der Waals surface area contributed by atoms with Crippen LogP contribution in [0.25, 0.3) is 11.3 Å². The van der Waals surface area contributed by atoms with Gasteiger partial charge in [-0.15, -0.1) is 0 Å². The van der Waals surface area contributed by atoms with Crippen LogP contribution in [0, 0.1) is 5.82 Å². The average Bonchev–Trinajstić information content (AvgIpc) is 2.67. The van der Waals surface area contributed by atoms with Crippen molar-refractivity contribution in [3.8, 4) is 17.0 Å². The van der Waals surface area contributed by atoms with Gasteiger partial charge in [-0.25, -0.2) is 4.39 Å². The molecule has 1 aromatic heterocycles. The number of nitrogens with zero attached hydrogens (tertiary/aromatic N) is 1. The van der Waals surface area contributed by atoms with Gasteiger partial charge in [0.05, 0.1) is 18.4 Å². The number of hydrogen-bond acceptors (Lipinski definition) is 3. The summed E-state index contributed by atoms with van der Waals surface area (Å²) in [5.41, 5.74) is 2.82. The number of halogens is 1. The molecule has 0 unspecified atom stereocenters. The number of carbonyl (C=O) groups excluding carboxylic acids is 1. The van der Waals surface area contributed by atoms with Crippen LogP contribution in [0.4, 0.5) is 4.39 Å². The highest BCUT2D eigenvalue weighted by molar-refractivity contribution is 5.96. The number of methoxy groups -OCH3 is 1. The Morgan fingerprint density at radius 1 is 1.08 bits per heavy atom. The van der Waals surface area contributed by atoms with Crippen LogP contribution in [0.15, 0.2) is 66.9 Å². The predicted molar refractivity (Wildman–Crippen MR) is 93.8 cm³/mol. The fourth-order valence-electron chi connectivity index (χ4n) is 2.55. The van der Waals surface area contributed by atoms with Crippen molar-refractivity contribution in [2.75, 3.05) is 7.11 Å². The van der Waals surface area contributed by atoms with Crippen LogP contribution >= 0.6 is 0 Å². The van der Waals surface area contributed by atoms with E-state index in [1.807, 2.05) is 12.1 Å². The van der Waals surface area contributed by atoms with Crippen LogP contribution in [-0.4, -0.2) is 18.0 Å². The zero-order valence-electron chi connectivity index (χ0n) is 13.7. The third kappa shape index (κ3) is 3.83. The summed E-state index contributed by atoms with van der Waals surface area (Å²) in [6.45, 7) is 0.303. The fourth-order valence-corrected chi connectivity index (χ4v) is 2.55. The Bertz CT molecular complexity index is 879. The molecular weight excluding hydrogens is 319 g/mol. The van der Waals surface area contributed by atoms with E-state index in [2.05, 4.69) is 10.3 Å². The molecule has 3 aromatic rings. The highest BCUT2D eigenvalue weighted by Gasteiger charge is 2.13. The minimum Gasteiger partial charge on any atom is -0.496 e. The minimum atomic E-state index is -0.300. The number of carbonyl (C=O) groups is 1. The summed E-state index contributed by atoms with van der Waals surface area (Å²) in [4.78, 5) is 16.8. The monoisotopic (exact) mass is 336 g/mol. The lowest BCUT2D eigenvalue weighted by molar-refractivity contribution is 0.0948. The fraction of sp³-hybridized carbons (Fsp3) is 0.100. The zero-order chi connectivity index (χ0) is 17.6. The first kappa shape index (κ1) is 16.6. The van der Waals surface area contributed by atoms with E-state index in [4.69, 9.17) is 4.74 Å². The van der Waals surface area contributed by atoms with Crippen molar-refractivity contribution in [1.29, 1.82) is 0 Å². The van der Waals surface area contributed by atoms with Crippen molar-refractivity contribution >= 4 is 5.91 Å². The van der Waals surface area contributed by atoms with Crippen molar-refractivity contribution in [2.45, 2.75) is 6.54 Å². The van der Waals surface area contributed by atoms with Crippen LogP contribution in [0.1, 0.15) is 15.9 Å². The lowest BCUT2D eigenvalue weighted by atomic mass is 10.1. The van der Waals surface area contributed by atoms with E-state index in [1.54, 1.807) is 42.6 Å². The molecule has 1 N–H and O–H groups in total. The minimum absolute atomic E-state index is 0.230. The van der Waals surface area contributed by atoms with Crippen LogP contribution < -0.4 is 10.1 Å². The standard InChI is InChI=1S/C20H17FN2O2/c1-25-18-7-3-2-6-17(18)20(24)23-13-15-5-4-12-22-19(15)14-8-10-16(21)11-9-14/h2-12H,13H2,1H3,(H,23,24). The van der Waals surface area contributed by atoms with Gasteiger partial charge >= 0.3 is 0 Å². The highest BCUT2D eigenvalue weighted by atomic mass is 19.1. The Balaban J connectivity index is 1.80. The summed E-state index contributed by atoms with van der Waals surface area (Å²) in [5.74, 6) is -0.0120. The van der Waals surface area contributed by atoms with Crippen LogP contribution in [-0.2, 0) is 6.54 Å². The molecule has 0 atom stereocenters. The lowest BCUT2D eigenvalue weighted by Crippen LogP contribution is -2.23. The van der Waals surface area contributed by atoms with Crippen molar-refractivity contribution < 1.29 is 13.9 Å². The summed E-state index contributed by atoms with van der Waals surface area (Å²) < 4.78 is 18.3. The second-order valence-electron chi connectivity index (χ2n) is 5.40. The van der Waals surface area contributed by atoms with Gasteiger partial charge in [-0.2, -0.15) is 0 Å². The molecule has 4 nitrogen and oxygen atoms in total. The molecule has 1 heterocycles. The molecule has 0 bridgehead atoms. The second kappa shape index (κ2) is 7.57. The molecule has 1 amide bonds. The van der Waals surface area contributed by atoms with Crippen molar-refractivity contribution in [3.63, 3.8) is 0 Å². The number of benzene rings is 2. The molecule has 0 spiro atoms. The smallest absolute Gasteiger partial charge is 0.255 e. The number of pyridine rings is 1. The van der Waals surface area contributed by atoms with Gasteiger partial charge in [-0.3, -0.25) is 9.78 Å². The van der Waals surface area contributed by atoms with Gasteiger partial charge in [-0.1, -0.05) is 18.2 Å². The molecule has 0 aliphatic carbocycles. The first-order chi connectivity index (χ1) is 12.2. The largest absolute Gasteiger partial charge is 0.496 e. The summed E-state index contributed by atoms with van der Waals surface area (Å²) in [5, 5.41) is 2.88. The van der Waals surface area contributed by atoms with Gasteiger partial charge in [0.25, 0.3) is 5.91 Å². The van der Waals surface area contributed by atoms with E-state index < -0.39 is 0 Å². The predicted octanol–water partition coefficient (Wildman–Crippen LogP) is 3.83. The molecular formula is C20H17FN2O2. The first-order valence-corrected chi connectivity index (χ1v) is 7.80.